The molecule has 10 heavy (non-hydrogen) atoms. The van der Waals surface area contributed by atoms with Crippen LogP contribution in [0.3, 0.4) is 0 Å². The number of hydrogen-bond donors (Lipinski definition) is 0. The summed E-state index contributed by atoms with van der Waals surface area (Å²) in [4.78, 5) is 0. The van der Waals surface area contributed by atoms with Gasteiger partial charge in [-0.05, 0) is 29.8 Å². The van der Waals surface area contributed by atoms with Crippen molar-refractivity contribution in [3.63, 3.8) is 0 Å². The monoisotopic (exact) mass is 152 g/mol. The van der Waals surface area contributed by atoms with E-state index in [-0.39, 0.29) is 0 Å². The Kier molecular flexibility index (Phi) is 2.45. The first-order valence-electron chi connectivity index (χ1n) is 3.59. The van der Waals surface area contributed by atoms with Crippen molar-refractivity contribution < 1.29 is 0 Å². The van der Waals surface area contributed by atoms with E-state index >= 15 is 0 Å². The van der Waals surface area contributed by atoms with E-state index in [1.54, 1.807) is 0 Å². The molecule has 0 spiro atoms. The van der Waals surface area contributed by atoms with Gasteiger partial charge in [0.2, 0.25) is 0 Å². The molecule has 1 aromatic carbocycles. The van der Waals surface area contributed by atoms with Crippen LogP contribution in [-0.4, -0.2) is 0 Å². The van der Waals surface area contributed by atoms with Crippen LogP contribution in [-0.2, 0) is 6.42 Å². The van der Waals surface area contributed by atoms with Gasteiger partial charge in [-0.2, -0.15) is 0 Å². The molecule has 0 saturated heterocycles. The Labute approximate surface area is 64.9 Å². The van der Waals surface area contributed by atoms with E-state index in [0.29, 0.717) is 0 Å². The fourth-order valence-corrected chi connectivity index (χ4v) is 1.37. The largest absolute Gasteiger partial charge is 0.106 e. The van der Waals surface area contributed by atoms with Crippen LogP contribution in [0, 0.1) is 6.92 Å². The predicted octanol–water partition coefficient (Wildman–Crippen LogP) is 2.06. The van der Waals surface area contributed by atoms with Gasteiger partial charge in [0.25, 0.3) is 0 Å². The summed E-state index contributed by atoms with van der Waals surface area (Å²) >= 11 is 0. The van der Waals surface area contributed by atoms with Gasteiger partial charge in [-0.1, -0.05) is 25.1 Å². The van der Waals surface area contributed by atoms with Crippen LogP contribution < -0.4 is 5.30 Å². The van der Waals surface area contributed by atoms with Crippen LogP contribution in [0.2, 0.25) is 0 Å². The molecule has 0 aliphatic rings. The van der Waals surface area contributed by atoms with Crippen molar-refractivity contribution in [1.82, 2.24) is 0 Å². The van der Waals surface area contributed by atoms with Gasteiger partial charge in [-0.3, -0.25) is 0 Å². The molecule has 0 aliphatic carbocycles. The van der Waals surface area contributed by atoms with Crippen molar-refractivity contribution in [2.75, 3.05) is 0 Å². The number of rotatable bonds is 1. The Bertz CT molecular complexity index is 228. The minimum atomic E-state index is 1.13. The quantitative estimate of drug-likeness (QED) is 0.540. The fourth-order valence-electron chi connectivity index (χ4n) is 1.07. The van der Waals surface area contributed by atoms with Gasteiger partial charge in [0.05, 0.1) is 0 Å². The van der Waals surface area contributed by atoms with Crippen molar-refractivity contribution in [2.24, 2.45) is 0 Å². The maximum atomic E-state index is 2.72. The molecule has 0 fully saturated rings. The van der Waals surface area contributed by atoms with Gasteiger partial charge in [-0.15, -0.1) is 9.24 Å². The number of benzene rings is 1. The van der Waals surface area contributed by atoms with Crippen LogP contribution in [0.25, 0.3) is 0 Å². The van der Waals surface area contributed by atoms with Crippen LogP contribution in [0.4, 0.5) is 0 Å². The molecule has 0 aromatic heterocycles. The molecule has 1 unspecified atom stereocenters. The molecule has 0 amide bonds. The van der Waals surface area contributed by atoms with E-state index < -0.39 is 0 Å². The SMILES string of the molecule is CCc1cc(P)ccc1C. The molecular weight excluding hydrogens is 139 g/mol. The lowest BCUT2D eigenvalue weighted by atomic mass is 10.1. The lowest BCUT2D eigenvalue weighted by Crippen LogP contribution is -1.94. The summed E-state index contributed by atoms with van der Waals surface area (Å²) in [6, 6.07) is 6.51. The predicted molar refractivity (Wildman–Crippen MR) is 49.9 cm³/mol. The molecule has 1 heteroatoms. The van der Waals surface area contributed by atoms with Crippen LogP contribution in [0.5, 0.6) is 0 Å². The Morgan fingerprint density at radius 3 is 2.60 bits per heavy atom. The minimum Gasteiger partial charge on any atom is -0.106 e. The second kappa shape index (κ2) is 3.16. The van der Waals surface area contributed by atoms with E-state index in [2.05, 4.69) is 41.3 Å². The van der Waals surface area contributed by atoms with Crippen molar-refractivity contribution in [3.05, 3.63) is 29.3 Å². The second-order valence-corrected chi connectivity index (χ2v) is 3.21. The highest BCUT2D eigenvalue weighted by atomic mass is 31.0. The van der Waals surface area contributed by atoms with Gasteiger partial charge in [0.1, 0.15) is 0 Å². The highest BCUT2D eigenvalue weighted by molar-refractivity contribution is 7.27. The molecule has 0 N–H and O–H groups in total. The average molecular weight is 152 g/mol. The zero-order valence-electron chi connectivity index (χ0n) is 6.52. The van der Waals surface area contributed by atoms with E-state index in [1.165, 1.54) is 16.4 Å². The standard InChI is InChI=1S/C9H13P/c1-3-8-6-9(10)5-4-7(8)2/h4-6H,3,10H2,1-2H3. The zero-order chi connectivity index (χ0) is 7.56. The fraction of sp³-hybridized carbons (Fsp3) is 0.333. The van der Waals surface area contributed by atoms with Crippen LogP contribution in [0.15, 0.2) is 18.2 Å². The third-order valence-corrected chi connectivity index (χ3v) is 2.11. The molecule has 0 bridgehead atoms. The maximum Gasteiger partial charge on any atom is -0.0300 e. The van der Waals surface area contributed by atoms with E-state index in [4.69, 9.17) is 0 Å². The minimum absolute atomic E-state index is 1.13. The summed E-state index contributed by atoms with van der Waals surface area (Å²) in [5, 5.41) is 1.28. The summed E-state index contributed by atoms with van der Waals surface area (Å²) in [5.41, 5.74) is 2.85. The molecule has 0 saturated carbocycles. The average Bonchev–Trinajstić information content (AvgIpc) is 1.94. The Balaban J connectivity index is 3.09. The third-order valence-electron chi connectivity index (χ3n) is 1.75. The molecule has 1 rings (SSSR count). The lowest BCUT2D eigenvalue weighted by molar-refractivity contribution is 1.11. The number of hydrogen-bond acceptors (Lipinski definition) is 0. The van der Waals surface area contributed by atoms with Gasteiger partial charge in [0.15, 0.2) is 0 Å². The Hall–Kier alpha value is -0.350. The molecule has 54 valence electrons. The first kappa shape index (κ1) is 7.75. The topological polar surface area (TPSA) is 0 Å². The summed E-state index contributed by atoms with van der Waals surface area (Å²) in [7, 11) is 2.72. The molecule has 1 aromatic rings. The molecule has 0 nitrogen and oxygen atoms in total. The van der Waals surface area contributed by atoms with E-state index in [0.717, 1.165) is 6.42 Å². The van der Waals surface area contributed by atoms with Crippen LogP contribution in [0.1, 0.15) is 18.1 Å². The lowest BCUT2D eigenvalue weighted by Gasteiger charge is -2.02. The highest BCUT2D eigenvalue weighted by Crippen LogP contribution is 2.06. The number of aryl methyl sites for hydroxylation is 2. The first-order chi connectivity index (χ1) is 4.74. The van der Waals surface area contributed by atoms with Crippen molar-refractivity contribution in [2.45, 2.75) is 20.3 Å². The normalized spacial score (nSPS) is 9.90. The molecule has 0 heterocycles. The summed E-state index contributed by atoms with van der Waals surface area (Å²) in [6.07, 6.45) is 1.13. The Morgan fingerprint density at radius 2 is 2.10 bits per heavy atom. The van der Waals surface area contributed by atoms with E-state index in [1.807, 2.05) is 0 Å². The third kappa shape index (κ3) is 1.58. The van der Waals surface area contributed by atoms with E-state index in [9.17, 15) is 0 Å². The zero-order valence-corrected chi connectivity index (χ0v) is 7.67. The van der Waals surface area contributed by atoms with Crippen LogP contribution >= 0.6 is 9.24 Å². The van der Waals surface area contributed by atoms with Gasteiger partial charge >= 0.3 is 0 Å². The van der Waals surface area contributed by atoms with Crippen molar-refractivity contribution >= 4 is 14.5 Å². The maximum absolute atomic E-state index is 2.72. The first-order valence-corrected chi connectivity index (χ1v) is 4.16. The van der Waals surface area contributed by atoms with Gasteiger partial charge in [-0.25, -0.2) is 0 Å². The Morgan fingerprint density at radius 1 is 1.40 bits per heavy atom. The summed E-state index contributed by atoms with van der Waals surface area (Å²) in [6.45, 7) is 4.34. The van der Waals surface area contributed by atoms with Gasteiger partial charge < -0.3 is 0 Å². The van der Waals surface area contributed by atoms with Gasteiger partial charge in [0, 0.05) is 0 Å². The van der Waals surface area contributed by atoms with Crippen molar-refractivity contribution in [3.8, 4) is 0 Å². The molecule has 0 aliphatic heterocycles. The second-order valence-electron chi connectivity index (χ2n) is 2.54. The molecule has 1 atom stereocenters. The smallest absolute Gasteiger partial charge is 0.0300 e. The van der Waals surface area contributed by atoms with Crippen molar-refractivity contribution in [1.29, 1.82) is 0 Å². The highest BCUT2D eigenvalue weighted by Gasteiger charge is 1.93. The summed E-state index contributed by atoms with van der Waals surface area (Å²) < 4.78 is 0. The molecule has 0 radical (unpaired) electrons. The summed E-state index contributed by atoms with van der Waals surface area (Å²) in [5.74, 6) is 0. The molecular formula is C9H13P.